The van der Waals surface area contributed by atoms with E-state index in [4.69, 9.17) is 0 Å². The van der Waals surface area contributed by atoms with Crippen molar-refractivity contribution in [1.82, 2.24) is 9.97 Å². The van der Waals surface area contributed by atoms with Crippen LogP contribution in [-0.4, -0.2) is 22.6 Å². The minimum absolute atomic E-state index is 0.602. The first kappa shape index (κ1) is 9.90. The smallest absolute Gasteiger partial charge is 0.198 e. The quantitative estimate of drug-likeness (QED) is 0.723. The molecule has 1 aliphatic heterocycles. The second kappa shape index (κ2) is 4.26. The van der Waals surface area contributed by atoms with Gasteiger partial charge in [0.15, 0.2) is 4.73 Å². The van der Waals surface area contributed by atoms with E-state index in [1.54, 1.807) is 6.20 Å². The number of rotatable bonds is 1. The molecule has 2 rings (SSSR count). The summed E-state index contributed by atoms with van der Waals surface area (Å²) >= 11 is 3.30. The topological polar surface area (TPSA) is 29.0 Å². The second-order valence-corrected chi connectivity index (χ2v) is 4.43. The van der Waals surface area contributed by atoms with Crippen molar-refractivity contribution in [3.05, 3.63) is 17.0 Å². The molecule has 1 aromatic rings. The number of hydrogen-bond acceptors (Lipinski definition) is 3. The van der Waals surface area contributed by atoms with E-state index in [0.717, 1.165) is 12.4 Å². The lowest BCUT2D eigenvalue weighted by molar-refractivity contribution is 0.480. The van der Waals surface area contributed by atoms with Crippen molar-refractivity contribution >= 4 is 21.7 Å². The number of piperidine rings is 1. The van der Waals surface area contributed by atoms with E-state index in [9.17, 15) is 0 Å². The Bertz CT molecular complexity index is 316. The standard InChI is InChI=1S/C10H14BrN3/c1-8-4-2-3-7-14(8)9-5-6-12-10(11)13-9/h5-6,8H,2-4,7H2,1H3. The molecule has 0 aromatic carbocycles. The van der Waals surface area contributed by atoms with Crippen LogP contribution in [0.15, 0.2) is 17.0 Å². The van der Waals surface area contributed by atoms with E-state index >= 15 is 0 Å². The fourth-order valence-corrected chi connectivity index (χ4v) is 2.22. The van der Waals surface area contributed by atoms with Gasteiger partial charge in [-0.3, -0.25) is 0 Å². The molecule has 0 amide bonds. The number of aromatic nitrogens is 2. The molecule has 1 saturated heterocycles. The van der Waals surface area contributed by atoms with Crippen LogP contribution in [0.3, 0.4) is 0 Å². The largest absolute Gasteiger partial charge is 0.354 e. The average molecular weight is 256 g/mol. The third kappa shape index (κ3) is 2.05. The highest BCUT2D eigenvalue weighted by molar-refractivity contribution is 9.10. The van der Waals surface area contributed by atoms with Gasteiger partial charge in [0, 0.05) is 18.8 Å². The monoisotopic (exact) mass is 255 g/mol. The normalized spacial score (nSPS) is 22.4. The predicted octanol–water partition coefficient (Wildman–Crippen LogP) is 2.62. The van der Waals surface area contributed by atoms with Crippen molar-refractivity contribution in [3.63, 3.8) is 0 Å². The van der Waals surface area contributed by atoms with Gasteiger partial charge < -0.3 is 4.90 Å². The van der Waals surface area contributed by atoms with Gasteiger partial charge in [-0.15, -0.1) is 0 Å². The van der Waals surface area contributed by atoms with E-state index in [1.165, 1.54) is 19.3 Å². The highest BCUT2D eigenvalue weighted by Gasteiger charge is 2.19. The minimum atomic E-state index is 0.602. The number of halogens is 1. The minimum Gasteiger partial charge on any atom is -0.354 e. The van der Waals surface area contributed by atoms with Crippen molar-refractivity contribution < 1.29 is 0 Å². The maximum absolute atomic E-state index is 4.38. The SMILES string of the molecule is CC1CCCCN1c1ccnc(Br)n1. The molecule has 1 aliphatic rings. The molecule has 14 heavy (non-hydrogen) atoms. The fraction of sp³-hybridized carbons (Fsp3) is 0.600. The maximum atomic E-state index is 4.38. The van der Waals surface area contributed by atoms with E-state index in [1.807, 2.05) is 6.07 Å². The van der Waals surface area contributed by atoms with Crippen LogP contribution >= 0.6 is 15.9 Å². The molecule has 0 bridgehead atoms. The molecule has 0 saturated carbocycles. The first-order valence-corrected chi connectivity index (χ1v) is 5.82. The van der Waals surface area contributed by atoms with Gasteiger partial charge >= 0.3 is 0 Å². The van der Waals surface area contributed by atoms with Crippen molar-refractivity contribution in [2.24, 2.45) is 0 Å². The zero-order valence-electron chi connectivity index (χ0n) is 8.28. The summed E-state index contributed by atoms with van der Waals surface area (Å²) in [6.45, 7) is 3.37. The van der Waals surface area contributed by atoms with Crippen molar-refractivity contribution in [2.75, 3.05) is 11.4 Å². The first-order valence-electron chi connectivity index (χ1n) is 5.02. The van der Waals surface area contributed by atoms with Gasteiger partial charge in [0.1, 0.15) is 5.82 Å². The third-order valence-corrected chi connectivity index (χ3v) is 3.09. The lowest BCUT2D eigenvalue weighted by Gasteiger charge is -2.34. The van der Waals surface area contributed by atoms with E-state index in [2.05, 4.69) is 37.7 Å². The molecule has 0 radical (unpaired) electrons. The molecular formula is C10H14BrN3. The Labute approximate surface area is 92.7 Å². The second-order valence-electron chi connectivity index (χ2n) is 3.72. The zero-order chi connectivity index (χ0) is 9.97. The van der Waals surface area contributed by atoms with Gasteiger partial charge in [0.05, 0.1) is 0 Å². The van der Waals surface area contributed by atoms with Crippen LogP contribution in [0.5, 0.6) is 0 Å². The van der Waals surface area contributed by atoms with Gasteiger partial charge in [0.2, 0.25) is 0 Å². The molecule has 1 fully saturated rings. The molecule has 0 spiro atoms. The van der Waals surface area contributed by atoms with Crippen molar-refractivity contribution in [3.8, 4) is 0 Å². The molecule has 3 nitrogen and oxygen atoms in total. The summed E-state index contributed by atoms with van der Waals surface area (Å²) in [5, 5.41) is 0. The number of anilines is 1. The van der Waals surface area contributed by atoms with Gasteiger partial charge in [-0.05, 0) is 48.2 Å². The third-order valence-electron chi connectivity index (χ3n) is 2.71. The average Bonchev–Trinajstić information content (AvgIpc) is 2.18. The lowest BCUT2D eigenvalue weighted by Crippen LogP contribution is -2.38. The maximum Gasteiger partial charge on any atom is 0.198 e. The van der Waals surface area contributed by atoms with Gasteiger partial charge in [-0.2, -0.15) is 0 Å². The lowest BCUT2D eigenvalue weighted by atomic mass is 10.0. The summed E-state index contributed by atoms with van der Waals surface area (Å²) in [6, 6.07) is 2.58. The van der Waals surface area contributed by atoms with Gasteiger partial charge in [-0.1, -0.05) is 0 Å². The highest BCUT2D eigenvalue weighted by Crippen LogP contribution is 2.22. The van der Waals surface area contributed by atoms with E-state index in [0.29, 0.717) is 10.8 Å². The molecule has 1 atom stereocenters. The summed E-state index contributed by atoms with van der Waals surface area (Å²) in [5.74, 6) is 1.04. The molecule has 76 valence electrons. The molecule has 4 heteroatoms. The Morgan fingerprint density at radius 3 is 3.07 bits per heavy atom. The summed E-state index contributed by atoms with van der Waals surface area (Å²) < 4.78 is 0.674. The summed E-state index contributed by atoms with van der Waals surface area (Å²) in [5.41, 5.74) is 0. The molecule has 2 heterocycles. The fourth-order valence-electron chi connectivity index (χ4n) is 1.92. The van der Waals surface area contributed by atoms with Crippen LogP contribution in [0.4, 0.5) is 5.82 Å². The summed E-state index contributed by atoms with van der Waals surface area (Å²) in [7, 11) is 0. The molecule has 0 N–H and O–H groups in total. The Morgan fingerprint density at radius 1 is 1.50 bits per heavy atom. The highest BCUT2D eigenvalue weighted by atomic mass is 79.9. The van der Waals surface area contributed by atoms with E-state index < -0.39 is 0 Å². The van der Waals surface area contributed by atoms with Crippen molar-refractivity contribution in [2.45, 2.75) is 32.2 Å². The van der Waals surface area contributed by atoms with Gasteiger partial charge in [0.25, 0.3) is 0 Å². The number of nitrogens with zero attached hydrogens (tertiary/aromatic N) is 3. The van der Waals surface area contributed by atoms with Crippen LogP contribution in [0, 0.1) is 0 Å². The van der Waals surface area contributed by atoms with Crippen LogP contribution in [0.1, 0.15) is 26.2 Å². The van der Waals surface area contributed by atoms with Gasteiger partial charge in [-0.25, -0.2) is 9.97 Å². The predicted molar refractivity (Wildman–Crippen MR) is 60.4 cm³/mol. The summed E-state index contributed by atoms with van der Waals surface area (Å²) in [4.78, 5) is 10.8. The molecule has 0 aliphatic carbocycles. The summed E-state index contributed by atoms with van der Waals surface area (Å²) in [6.07, 6.45) is 5.67. The molecular weight excluding hydrogens is 242 g/mol. The van der Waals surface area contributed by atoms with Crippen LogP contribution in [0.2, 0.25) is 0 Å². The Hall–Kier alpha value is -0.640. The Morgan fingerprint density at radius 2 is 2.36 bits per heavy atom. The van der Waals surface area contributed by atoms with Crippen molar-refractivity contribution in [1.29, 1.82) is 0 Å². The zero-order valence-corrected chi connectivity index (χ0v) is 9.87. The molecule has 1 aromatic heterocycles. The van der Waals surface area contributed by atoms with Crippen LogP contribution in [-0.2, 0) is 0 Å². The Balaban J connectivity index is 2.20. The van der Waals surface area contributed by atoms with Crippen LogP contribution in [0.25, 0.3) is 0 Å². The first-order chi connectivity index (χ1) is 6.77. The van der Waals surface area contributed by atoms with Crippen LogP contribution < -0.4 is 4.90 Å². The Kier molecular flexibility index (Phi) is 3.01. The van der Waals surface area contributed by atoms with E-state index in [-0.39, 0.29) is 0 Å². The molecule has 1 unspecified atom stereocenters. The number of hydrogen-bond donors (Lipinski definition) is 0.